The van der Waals surface area contributed by atoms with Gasteiger partial charge in [0.2, 0.25) is 0 Å². The molecule has 2 heterocycles. The minimum atomic E-state index is 0.267. The van der Waals surface area contributed by atoms with Crippen LogP contribution in [0.15, 0.2) is 53.8 Å². The molecule has 2 saturated heterocycles. The summed E-state index contributed by atoms with van der Waals surface area (Å²) in [5.41, 5.74) is 3.14. The van der Waals surface area contributed by atoms with Gasteiger partial charge in [-0.3, -0.25) is 4.90 Å². The van der Waals surface area contributed by atoms with Gasteiger partial charge in [-0.1, -0.05) is 43.3 Å². The van der Waals surface area contributed by atoms with Gasteiger partial charge in [0.05, 0.1) is 6.61 Å². The van der Waals surface area contributed by atoms with Crippen LogP contribution in [-0.2, 0) is 11.3 Å². The minimum absolute atomic E-state index is 0.267. The molecular weight excluding hydrogens is 270 g/mol. The third-order valence-electron chi connectivity index (χ3n) is 5.08. The predicted octanol–water partition coefficient (Wildman–Crippen LogP) is 4.54. The van der Waals surface area contributed by atoms with Crippen LogP contribution in [-0.4, -0.2) is 24.6 Å². The summed E-state index contributed by atoms with van der Waals surface area (Å²) in [7, 11) is 0. The fourth-order valence-corrected chi connectivity index (χ4v) is 3.83. The Hall–Kier alpha value is -1.54. The van der Waals surface area contributed by atoms with E-state index in [4.69, 9.17) is 4.74 Å². The number of hydrogen-bond acceptors (Lipinski definition) is 2. The molecule has 0 N–H and O–H groups in total. The van der Waals surface area contributed by atoms with Crippen LogP contribution in [0.2, 0.25) is 0 Å². The monoisotopic (exact) mass is 297 g/mol. The molecule has 22 heavy (non-hydrogen) atoms. The highest BCUT2D eigenvalue weighted by atomic mass is 16.5. The lowest BCUT2D eigenvalue weighted by atomic mass is 9.73. The number of hydrogen-bond donors (Lipinski definition) is 0. The molecule has 118 valence electrons. The number of benzene rings is 1. The lowest BCUT2D eigenvalue weighted by molar-refractivity contribution is 0.0949. The number of likely N-dealkylation sites (tertiary alicyclic amines) is 1. The number of ether oxygens (including phenoxy) is 1. The Kier molecular flexibility index (Phi) is 4.68. The fourth-order valence-electron chi connectivity index (χ4n) is 3.83. The van der Waals surface area contributed by atoms with E-state index < -0.39 is 0 Å². The van der Waals surface area contributed by atoms with Crippen molar-refractivity contribution in [1.29, 1.82) is 0 Å². The first-order valence-electron chi connectivity index (χ1n) is 8.54. The predicted molar refractivity (Wildman–Crippen MR) is 91.5 cm³/mol. The van der Waals surface area contributed by atoms with Gasteiger partial charge in [0.25, 0.3) is 0 Å². The quantitative estimate of drug-likeness (QED) is 0.812. The fraction of sp³-hybridized carbons (Fsp3) is 0.500. The third kappa shape index (κ3) is 2.98. The van der Waals surface area contributed by atoms with E-state index in [0.717, 1.165) is 38.4 Å². The van der Waals surface area contributed by atoms with E-state index in [0.29, 0.717) is 0 Å². The molecule has 2 heteroatoms. The maximum absolute atomic E-state index is 6.02. The standard InChI is InChI=1S/C20H27NO/c1-3-8-19-18(4-2)20(16-22-19)11-13-21(14-12-20)15-17-9-6-5-7-10-17/h4-10H,3,11-16H2,1-2H3/b18-4?,19-8+. The molecule has 0 amide bonds. The second-order valence-electron chi connectivity index (χ2n) is 6.51. The second kappa shape index (κ2) is 6.70. The third-order valence-corrected chi connectivity index (χ3v) is 5.08. The van der Waals surface area contributed by atoms with Crippen LogP contribution in [0.5, 0.6) is 0 Å². The lowest BCUT2D eigenvalue weighted by Crippen LogP contribution is -2.40. The van der Waals surface area contributed by atoms with Crippen LogP contribution in [0.3, 0.4) is 0 Å². The summed E-state index contributed by atoms with van der Waals surface area (Å²) in [6.07, 6.45) is 7.98. The SMILES string of the molecule is CC=C1/C(=C\CC)OCC12CCN(Cc1ccccc1)CC2. The normalized spacial score (nSPS) is 25.0. The van der Waals surface area contributed by atoms with E-state index in [-0.39, 0.29) is 5.41 Å². The molecule has 2 fully saturated rings. The van der Waals surface area contributed by atoms with Crippen LogP contribution in [0.4, 0.5) is 0 Å². The smallest absolute Gasteiger partial charge is 0.118 e. The van der Waals surface area contributed by atoms with Crippen molar-refractivity contribution < 1.29 is 4.74 Å². The summed E-state index contributed by atoms with van der Waals surface area (Å²) >= 11 is 0. The molecule has 0 radical (unpaired) electrons. The van der Waals surface area contributed by atoms with Crippen molar-refractivity contribution in [2.24, 2.45) is 5.41 Å². The summed E-state index contributed by atoms with van der Waals surface area (Å²) in [6.45, 7) is 8.60. The van der Waals surface area contributed by atoms with Gasteiger partial charge < -0.3 is 4.74 Å². The average molecular weight is 297 g/mol. The van der Waals surface area contributed by atoms with Gasteiger partial charge in [-0.25, -0.2) is 0 Å². The molecule has 1 spiro atoms. The summed E-state index contributed by atoms with van der Waals surface area (Å²) in [5.74, 6) is 1.14. The average Bonchev–Trinajstić information content (AvgIpc) is 2.89. The molecule has 2 nitrogen and oxygen atoms in total. The van der Waals surface area contributed by atoms with Gasteiger partial charge in [0, 0.05) is 12.0 Å². The molecule has 0 aliphatic carbocycles. The largest absolute Gasteiger partial charge is 0.493 e. The van der Waals surface area contributed by atoms with E-state index in [1.54, 1.807) is 0 Å². The van der Waals surface area contributed by atoms with Gasteiger partial charge in [-0.05, 0) is 56.5 Å². The van der Waals surface area contributed by atoms with Crippen molar-refractivity contribution in [2.75, 3.05) is 19.7 Å². The first kappa shape index (κ1) is 15.4. The van der Waals surface area contributed by atoms with E-state index >= 15 is 0 Å². The summed E-state index contributed by atoms with van der Waals surface area (Å²) in [4.78, 5) is 2.58. The Labute approximate surface area is 134 Å². The Morgan fingerprint density at radius 2 is 1.91 bits per heavy atom. The van der Waals surface area contributed by atoms with Crippen molar-refractivity contribution in [3.05, 3.63) is 59.4 Å². The molecule has 3 rings (SSSR count). The summed E-state index contributed by atoms with van der Waals surface area (Å²) in [5, 5.41) is 0. The lowest BCUT2D eigenvalue weighted by Gasteiger charge is -2.38. The topological polar surface area (TPSA) is 12.5 Å². The van der Waals surface area contributed by atoms with Crippen LogP contribution in [0, 0.1) is 5.41 Å². The van der Waals surface area contributed by atoms with E-state index in [1.807, 2.05) is 0 Å². The number of rotatable bonds is 3. The number of nitrogens with zero attached hydrogens (tertiary/aromatic N) is 1. The molecule has 0 aromatic heterocycles. The van der Waals surface area contributed by atoms with Gasteiger partial charge in [0.1, 0.15) is 5.76 Å². The highest BCUT2D eigenvalue weighted by Gasteiger charge is 2.44. The molecule has 0 saturated carbocycles. The molecule has 1 aromatic rings. The maximum atomic E-state index is 6.02. The van der Waals surface area contributed by atoms with Crippen LogP contribution >= 0.6 is 0 Å². The van der Waals surface area contributed by atoms with E-state index in [2.05, 4.69) is 61.2 Å². The van der Waals surface area contributed by atoms with Crippen LogP contribution < -0.4 is 0 Å². The van der Waals surface area contributed by atoms with Crippen molar-refractivity contribution in [3.63, 3.8) is 0 Å². The second-order valence-corrected chi connectivity index (χ2v) is 6.51. The Balaban J connectivity index is 1.65. The number of piperidine rings is 1. The Morgan fingerprint density at radius 1 is 1.18 bits per heavy atom. The van der Waals surface area contributed by atoms with Crippen molar-refractivity contribution in [2.45, 2.75) is 39.7 Å². The molecule has 2 aliphatic heterocycles. The van der Waals surface area contributed by atoms with Gasteiger partial charge in [-0.15, -0.1) is 0 Å². The number of allylic oxidation sites excluding steroid dienone is 3. The maximum Gasteiger partial charge on any atom is 0.118 e. The summed E-state index contributed by atoms with van der Waals surface area (Å²) in [6, 6.07) is 10.8. The van der Waals surface area contributed by atoms with Crippen LogP contribution in [0.1, 0.15) is 38.7 Å². The van der Waals surface area contributed by atoms with Gasteiger partial charge in [-0.2, -0.15) is 0 Å². The van der Waals surface area contributed by atoms with Crippen molar-refractivity contribution in [1.82, 2.24) is 4.90 Å². The Morgan fingerprint density at radius 3 is 2.55 bits per heavy atom. The minimum Gasteiger partial charge on any atom is -0.493 e. The van der Waals surface area contributed by atoms with Gasteiger partial charge >= 0.3 is 0 Å². The molecule has 2 aliphatic rings. The zero-order valence-electron chi connectivity index (χ0n) is 13.8. The molecule has 0 atom stereocenters. The van der Waals surface area contributed by atoms with E-state index in [9.17, 15) is 0 Å². The van der Waals surface area contributed by atoms with Crippen molar-refractivity contribution >= 4 is 0 Å². The zero-order chi connectivity index (χ0) is 15.4. The molecular formula is C20H27NO. The molecule has 0 unspecified atom stereocenters. The van der Waals surface area contributed by atoms with Crippen molar-refractivity contribution in [3.8, 4) is 0 Å². The highest BCUT2D eigenvalue weighted by Crippen LogP contribution is 2.48. The highest BCUT2D eigenvalue weighted by molar-refractivity contribution is 5.37. The summed E-state index contributed by atoms with van der Waals surface area (Å²) < 4.78 is 6.02. The van der Waals surface area contributed by atoms with Gasteiger partial charge in [0.15, 0.2) is 0 Å². The zero-order valence-corrected chi connectivity index (χ0v) is 13.8. The first-order valence-corrected chi connectivity index (χ1v) is 8.54. The Bertz CT molecular complexity index is 550. The van der Waals surface area contributed by atoms with Crippen LogP contribution in [0.25, 0.3) is 0 Å². The first-order chi connectivity index (χ1) is 10.8. The molecule has 1 aromatic carbocycles. The van der Waals surface area contributed by atoms with E-state index in [1.165, 1.54) is 24.0 Å². The molecule has 0 bridgehead atoms.